The maximum Gasteiger partial charge on any atom is 0.251 e. The van der Waals surface area contributed by atoms with Gasteiger partial charge in [0.2, 0.25) is 12.7 Å². The van der Waals surface area contributed by atoms with E-state index in [1.165, 1.54) is 6.92 Å². The van der Waals surface area contributed by atoms with Gasteiger partial charge in [0, 0.05) is 42.4 Å². The van der Waals surface area contributed by atoms with Gasteiger partial charge in [0.05, 0.1) is 0 Å². The lowest BCUT2D eigenvalue weighted by Gasteiger charge is -2.21. The standard InChI is InChI=1S/C18H17ClN2O4/c1-12(22)21(15-6-7-16-17(10-15)25-11-24-16)9-8-20-18(23)13-2-4-14(19)5-3-13/h2-7,10H,8-9,11H2,1H3,(H,20,23). The normalized spacial score (nSPS) is 11.9. The molecule has 0 aromatic heterocycles. The Morgan fingerprint density at radius 3 is 2.56 bits per heavy atom. The smallest absolute Gasteiger partial charge is 0.251 e. The molecule has 0 saturated carbocycles. The summed E-state index contributed by atoms with van der Waals surface area (Å²) in [7, 11) is 0. The Balaban J connectivity index is 1.62. The van der Waals surface area contributed by atoms with Crippen molar-refractivity contribution in [3.63, 3.8) is 0 Å². The number of hydrogen-bond donors (Lipinski definition) is 1. The number of nitrogens with zero attached hydrogens (tertiary/aromatic N) is 1. The van der Waals surface area contributed by atoms with Crippen molar-refractivity contribution in [1.82, 2.24) is 5.32 Å². The van der Waals surface area contributed by atoms with Crippen molar-refractivity contribution >= 4 is 29.1 Å². The molecule has 0 aliphatic carbocycles. The summed E-state index contributed by atoms with van der Waals surface area (Å²) < 4.78 is 10.6. The van der Waals surface area contributed by atoms with Gasteiger partial charge in [-0.3, -0.25) is 9.59 Å². The van der Waals surface area contributed by atoms with E-state index < -0.39 is 0 Å². The molecular formula is C18H17ClN2O4. The van der Waals surface area contributed by atoms with Crippen LogP contribution in [-0.2, 0) is 4.79 Å². The predicted molar refractivity (Wildman–Crippen MR) is 94.4 cm³/mol. The molecule has 25 heavy (non-hydrogen) atoms. The molecule has 0 radical (unpaired) electrons. The maximum atomic E-state index is 12.1. The highest BCUT2D eigenvalue weighted by atomic mass is 35.5. The summed E-state index contributed by atoms with van der Waals surface area (Å²) in [6, 6.07) is 11.9. The second-order valence-corrected chi connectivity index (χ2v) is 5.91. The topological polar surface area (TPSA) is 67.9 Å². The quantitative estimate of drug-likeness (QED) is 0.890. The number of halogens is 1. The molecule has 1 heterocycles. The number of amides is 2. The van der Waals surface area contributed by atoms with Crippen LogP contribution in [0.25, 0.3) is 0 Å². The van der Waals surface area contributed by atoms with Crippen molar-refractivity contribution in [3.05, 3.63) is 53.1 Å². The van der Waals surface area contributed by atoms with Crippen molar-refractivity contribution in [1.29, 1.82) is 0 Å². The average Bonchev–Trinajstić information content (AvgIpc) is 3.06. The maximum absolute atomic E-state index is 12.1. The third kappa shape index (κ3) is 4.03. The Kier molecular flexibility index (Phi) is 5.09. The highest BCUT2D eigenvalue weighted by Crippen LogP contribution is 2.35. The Morgan fingerprint density at radius 1 is 1.12 bits per heavy atom. The van der Waals surface area contributed by atoms with Crippen LogP contribution in [-0.4, -0.2) is 31.7 Å². The van der Waals surface area contributed by atoms with E-state index in [2.05, 4.69) is 5.32 Å². The van der Waals surface area contributed by atoms with Crippen LogP contribution in [0.3, 0.4) is 0 Å². The molecule has 2 aromatic carbocycles. The van der Waals surface area contributed by atoms with Crippen LogP contribution in [0.15, 0.2) is 42.5 Å². The molecule has 3 rings (SSSR count). The van der Waals surface area contributed by atoms with Gasteiger partial charge in [0.1, 0.15) is 0 Å². The molecule has 1 N–H and O–H groups in total. The molecule has 130 valence electrons. The monoisotopic (exact) mass is 360 g/mol. The Labute approximate surface area is 150 Å². The number of fused-ring (bicyclic) bond motifs is 1. The lowest BCUT2D eigenvalue weighted by molar-refractivity contribution is -0.116. The number of hydrogen-bond acceptors (Lipinski definition) is 4. The van der Waals surface area contributed by atoms with Crippen molar-refractivity contribution in [2.45, 2.75) is 6.92 Å². The van der Waals surface area contributed by atoms with Crippen molar-refractivity contribution in [3.8, 4) is 11.5 Å². The van der Waals surface area contributed by atoms with Gasteiger partial charge in [0.25, 0.3) is 5.91 Å². The van der Waals surface area contributed by atoms with E-state index in [0.717, 1.165) is 0 Å². The van der Waals surface area contributed by atoms with Gasteiger partial charge >= 0.3 is 0 Å². The van der Waals surface area contributed by atoms with Crippen LogP contribution in [0.5, 0.6) is 11.5 Å². The van der Waals surface area contributed by atoms with Crippen molar-refractivity contribution in [2.75, 3.05) is 24.8 Å². The van der Waals surface area contributed by atoms with E-state index in [1.807, 2.05) is 0 Å². The van der Waals surface area contributed by atoms with Crippen LogP contribution >= 0.6 is 11.6 Å². The number of carbonyl (C=O) groups excluding carboxylic acids is 2. The summed E-state index contributed by atoms with van der Waals surface area (Å²) in [6.45, 7) is 2.31. The molecule has 1 aliphatic heterocycles. The molecule has 0 bridgehead atoms. The summed E-state index contributed by atoms with van der Waals surface area (Å²) in [4.78, 5) is 25.6. The Hall–Kier alpha value is -2.73. The molecule has 7 heteroatoms. The first-order chi connectivity index (χ1) is 12.0. The van der Waals surface area contributed by atoms with Crippen LogP contribution in [0, 0.1) is 0 Å². The zero-order chi connectivity index (χ0) is 17.8. The van der Waals surface area contributed by atoms with Crippen LogP contribution in [0.4, 0.5) is 5.69 Å². The molecule has 1 aliphatic rings. The molecule has 0 atom stereocenters. The van der Waals surface area contributed by atoms with Crippen molar-refractivity contribution in [2.24, 2.45) is 0 Å². The zero-order valence-corrected chi connectivity index (χ0v) is 14.4. The average molecular weight is 361 g/mol. The van der Waals surface area contributed by atoms with Gasteiger partial charge in [-0.15, -0.1) is 0 Å². The second kappa shape index (κ2) is 7.44. The molecule has 0 fully saturated rings. The van der Waals surface area contributed by atoms with Gasteiger partial charge in [-0.1, -0.05) is 11.6 Å². The van der Waals surface area contributed by atoms with Gasteiger partial charge in [-0.25, -0.2) is 0 Å². The number of carbonyl (C=O) groups is 2. The fourth-order valence-electron chi connectivity index (χ4n) is 2.51. The molecule has 0 unspecified atom stereocenters. The van der Waals surface area contributed by atoms with Crippen LogP contribution in [0.1, 0.15) is 17.3 Å². The largest absolute Gasteiger partial charge is 0.454 e. The second-order valence-electron chi connectivity index (χ2n) is 5.47. The lowest BCUT2D eigenvalue weighted by Crippen LogP contribution is -2.37. The van der Waals surface area contributed by atoms with Gasteiger partial charge in [-0.05, 0) is 36.4 Å². The molecule has 0 saturated heterocycles. The third-order valence-corrected chi connectivity index (χ3v) is 4.03. The summed E-state index contributed by atoms with van der Waals surface area (Å²) in [5.74, 6) is 0.919. The lowest BCUT2D eigenvalue weighted by atomic mass is 10.2. The Bertz CT molecular complexity index is 792. The molecule has 6 nitrogen and oxygen atoms in total. The van der Waals surface area contributed by atoms with Crippen LogP contribution in [0.2, 0.25) is 5.02 Å². The molecule has 2 aromatic rings. The SMILES string of the molecule is CC(=O)N(CCNC(=O)c1ccc(Cl)cc1)c1ccc2c(c1)OCO2. The Morgan fingerprint density at radius 2 is 1.84 bits per heavy atom. The number of anilines is 1. The van der Waals surface area contributed by atoms with Gasteiger partial charge in [-0.2, -0.15) is 0 Å². The third-order valence-electron chi connectivity index (χ3n) is 3.78. The minimum atomic E-state index is -0.217. The minimum absolute atomic E-state index is 0.125. The van der Waals surface area contributed by atoms with Crippen molar-refractivity contribution < 1.29 is 19.1 Å². The van der Waals surface area contributed by atoms with Crippen LogP contribution < -0.4 is 19.7 Å². The van der Waals surface area contributed by atoms with E-state index in [0.29, 0.717) is 40.9 Å². The highest BCUT2D eigenvalue weighted by molar-refractivity contribution is 6.30. The van der Waals surface area contributed by atoms with E-state index in [4.69, 9.17) is 21.1 Å². The number of nitrogens with one attached hydrogen (secondary N) is 1. The minimum Gasteiger partial charge on any atom is -0.454 e. The first-order valence-corrected chi connectivity index (χ1v) is 8.14. The molecular weight excluding hydrogens is 344 g/mol. The number of benzene rings is 2. The molecule has 2 amide bonds. The number of ether oxygens (including phenoxy) is 2. The van der Waals surface area contributed by atoms with E-state index in [-0.39, 0.29) is 18.6 Å². The predicted octanol–water partition coefficient (Wildman–Crippen LogP) is 2.85. The van der Waals surface area contributed by atoms with E-state index in [1.54, 1.807) is 47.4 Å². The summed E-state index contributed by atoms with van der Waals surface area (Å²) in [5.41, 5.74) is 1.21. The summed E-state index contributed by atoms with van der Waals surface area (Å²) in [6.07, 6.45) is 0. The highest BCUT2D eigenvalue weighted by Gasteiger charge is 2.18. The first-order valence-electron chi connectivity index (χ1n) is 7.76. The first kappa shape index (κ1) is 17.1. The van der Waals surface area contributed by atoms with Gasteiger partial charge in [0.15, 0.2) is 11.5 Å². The molecule has 0 spiro atoms. The van der Waals surface area contributed by atoms with E-state index >= 15 is 0 Å². The fourth-order valence-corrected chi connectivity index (χ4v) is 2.63. The van der Waals surface area contributed by atoms with E-state index in [9.17, 15) is 9.59 Å². The zero-order valence-electron chi connectivity index (χ0n) is 13.6. The number of rotatable bonds is 5. The summed E-state index contributed by atoms with van der Waals surface area (Å²) in [5, 5.41) is 3.37. The fraction of sp³-hybridized carbons (Fsp3) is 0.222. The summed E-state index contributed by atoms with van der Waals surface area (Å²) >= 11 is 5.81. The van der Waals surface area contributed by atoms with Gasteiger partial charge < -0.3 is 19.7 Å².